The third-order valence-electron chi connectivity index (χ3n) is 6.49. The quantitative estimate of drug-likeness (QED) is 0.777. The van der Waals surface area contributed by atoms with Crippen LogP contribution in [0.2, 0.25) is 0 Å². The number of hydrogen-bond donors (Lipinski definition) is 1. The molecule has 0 unspecified atom stereocenters. The van der Waals surface area contributed by atoms with Gasteiger partial charge in [0.15, 0.2) is 0 Å². The van der Waals surface area contributed by atoms with E-state index in [4.69, 9.17) is 4.74 Å². The number of hydrogen-bond acceptors (Lipinski definition) is 3. The van der Waals surface area contributed by atoms with Gasteiger partial charge in [-0.05, 0) is 55.9 Å². The van der Waals surface area contributed by atoms with Crippen molar-refractivity contribution in [3.05, 3.63) is 59.7 Å². The molecule has 0 aromatic heterocycles. The number of benzene rings is 2. The van der Waals surface area contributed by atoms with Crippen LogP contribution in [0.4, 0.5) is 10.5 Å². The minimum atomic E-state index is -0.0518. The number of anilines is 1. The van der Waals surface area contributed by atoms with Crippen molar-refractivity contribution in [3.8, 4) is 5.75 Å². The largest absolute Gasteiger partial charge is 0.487 e. The van der Waals surface area contributed by atoms with Gasteiger partial charge in [-0.25, -0.2) is 4.79 Å². The molecule has 2 heterocycles. The molecular formula is C26H33N3O3. The molecule has 6 nitrogen and oxygen atoms in total. The van der Waals surface area contributed by atoms with Crippen molar-refractivity contribution in [2.75, 3.05) is 31.1 Å². The molecular weight excluding hydrogens is 402 g/mol. The summed E-state index contributed by atoms with van der Waals surface area (Å²) in [5.41, 5.74) is 3.16. The molecule has 2 aromatic carbocycles. The highest BCUT2D eigenvalue weighted by Gasteiger charge is 2.34. The summed E-state index contributed by atoms with van der Waals surface area (Å²) >= 11 is 0. The average Bonchev–Trinajstić information content (AvgIpc) is 2.82. The second-order valence-corrected chi connectivity index (χ2v) is 9.11. The van der Waals surface area contributed by atoms with Gasteiger partial charge in [-0.15, -0.1) is 0 Å². The lowest BCUT2D eigenvalue weighted by molar-refractivity contribution is -0.126. The highest BCUT2D eigenvalue weighted by atomic mass is 16.5. The van der Waals surface area contributed by atoms with E-state index in [1.54, 1.807) is 0 Å². The van der Waals surface area contributed by atoms with E-state index in [0.29, 0.717) is 39.0 Å². The minimum Gasteiger partial charge on any atom is -0.487 e. The van der Waals surface area contributed by atoms with Crippen LogP contribution in [-0.4, -0.2) is 49.1 Å². The predicted octanol–water partition coefficient (Wildman–Crippen LogP) is 4.33. The van der Waals surface area contributed by atoms with Crippen molar-refractivity contribution in [1.29, 1.82) is 0 Å². The summed E-state index contributed by atoms with van der Waals surface area (Å²) in [5, 5.41) is 3.11. The van der Waals surface area contributed by atoms with Gasteiger partial charge in [0.05, 0.1) is 12.2 Å². The zero-order valence-corrected chi connectivity index (χ0v) is 19.2. The maximum Gasteiger partial charge on any atom is 0.324 e. The molecule has 170 valence electrons. The number of piperidine rings is 1. The van der Waals surface area contributed by atoms with Crippen molar-refractivity contribution in [2.45, 2.75) is 45.6 Å². The molecule has 0 saturated carbocycles. The predicted molar refractivity (Wildman–Crippen MR) is 126 cm³/mol. The Hall–Kier alpha value is -3.02. The Morgan fingerprint density at radius 3 is 2.56 bits per heavy atom. The van der Waals surface area contributed by atoms with Gasteiger partial charge in [0.1, 0.15) is 11.9 Å². The molecule has 2 aromatic rings. The van der Waals surface area contributed by atoms with Crippen LogP contribution in [0.3, 0.4) is 0 Å². The van der Waals surface area contributed by atoms with Gasteiger partial charge in [-0.2, -0.15) is 0 Å². The number of urea groups is 1. The lowest BCUT2D eigenvalue weighted by Gasteiger charge is -2.39. The fourth-order valence-electron chi connectivity index (χ4n) is 4.53. The van der Waals surface area contributed by atoms with Gasteiger partial charge >= 0.3 is 6.03 Å². The van der Waals surface area contributed by atoms with Crippen molar-refractivity contribution in [1.82, 2.24) is 10.2 Å². The van der Waals surface area contributed by atoms with Gasteiger partial charge in [-0.3, -0.25) is 9.69 Å². The zero-order chi connectivity index (χ0) is 22.7. The molecule has 1 saturated heterocycles. The van der Waals surface area contributed by atoms with Crippen LogP contribution >= 0.6 is 0 Å². The molecule has 1 N–H and O–H groups in total. The summed E-state index contributed by atoms with van der Waals surface area (Å²) in [6.45, 7) is 8.48. The number of likely N-dealkylation sites (tertiary alicyclic amines) is 1. The maximum atomic E-state index is 13.3. The number of rotatable bonds is 4. The number of amides is 3. The van der Waals surface area contributed by atoms with Crippen LogP contribution in [0.1, 0.15) is 43.7 Å². The molecule has 0 radical (unpaired) electrons. The molecule has 2 aliphatic heterocycles. The lowest BCUT2D eigenvalue weighted by Crippen LogP contribution is -2.52. The van der Waals surface area contributed by atoms with E-state index in [-0.39, 0.29) is 29.9 Å². The van der Waals surface area contributed by atoms with Gasteiger partial charge in [0.25, 0.3) is 0 Å². The Bertz CT molecular complexity index is 954. The number of nitrogens with zero attached hydrogens (tertiary/aromatic N) is 2. The van der Waals surface area contributed by atoms with E-state index < -0.39 is 0 Å². The maximum absolute atomic E-state index is 13.3. The number of ether oxygens (including phenoxy) is 1. The van der Waals surface area contributed by atoms with E-state index in [9.17, 15) is 9.59 Å². The topological polar surface area (TPSA) is 61.9 Å². The normalized spacial score (nSPS) is 19.7. The first-order valence-corrected chi connectivity index (χ1v) is 11.6. The molecule has 4 rings (SSSR count). The van der Waals surface area contributed by atoms with E-state index in [1.807, 2.05) is 60.0 Å². The van der Waals surface area contributed by atoms with E-state index in [2.05, 4.69) is 24.4 Å². The smallest absolute Gasteiger partial charge is 0.324 e. The minimum absolute atomic E-state index is 0.00329. The van der Waals surface area contributed by atoms with Gasteiger partial charge in [0, 0.05) is 25.6 Å². The summed E-state index contributed by atoms with van der Waals surface area (Å²) in [6.07, 6.45) is 1.33. The number of carbonyl (C=O) groups is 2. The first-order valence-electron chi connectivity index (χ1n) is 11.6. The Morgan fingerprint density at radius 2 is 1.84 bits per heavy atom. The molecule has 0 bridgehead atoms. The second kappa shape index (κ2) is 9.63. The molecule has 32 heavy (non-hydrogen) atoms. The van der Waals surface area contributed by atoms with Crippen molar-refractivity contribution >= 4 is 17.6 Å². The number of aryl methyl sites for hydroxylation is 1. The van der Waals surface area contributed by atoms with Gasteiger partial charge in [-0.1, -0.05) is 43.3 Å². The van der Waals surface area contributed by atoms with Gasteiger partial charge in [0.2, 0.25) is 5.91 Å². The summed E-state index contributed by atoms with van der Waals surface area (Å²) in [6, 6.07) is 16.2. The molecule has 2 atom stereocenters. The molecule has 2 aliphatic rings. The fraction of sp³-hybridized carbons (Fsp3) is 0.462. The van der Waals surface area contributed by atoms with Crippen LogP contribution in [-0.2, 0) is 4.79 Å². The first-order chi connectivity index (χ1) is 15.4. The third kappa shape index (κ3) is 4.90. The molecule has 6 heteroatoms. The van der Waals surface area contributed by atoms with Crippen molar-refractivity contribution in [2.24, 2.45) is 5.92 Å². The molecule has 0 aliphatic carbocycles. The van der Waals surface area contributed by atoms with Gasteiger partial charge < -0.3 is 15.0 Å². The summed E-state index contributed by atoms with van der Waals surface area (Å²) < 4.78 is 5.92. The standard InChI is InChI=1S/C26H33N3O3/c1-18-9-10-24-23(15-18)29(17-20(3)32-24)26(31)28-13-11-22(12-14-28)25(30)27-16-19(2)21-7-5-4-6-8-21/h4-10,15,19-20,22H,11-14,16-17H2,1-3H3,(H,27,30)/t19-,20-/m1/s1. The SMILES string of the molecule is Cc1ccc2c(c1)N(C(=O)N1CCC(C(=O)NC[C@@H](C)c3ccccc3)CC1)C[C@@H](C)O2. The van der Waals surface area contributed by atoms with Crippen LogP contribution in [0.15, 0.2) is 48.5 Å². The Balaban J connectivity index is 1.31. The third-order valence-corrected chi connectivity index (χ3v) is 6.49. The van der Waals surface area contributed by atoms with Crippen molar-refractivity contribution < 1.29 is 14.3 Å². The fourth-order valence-corrected chi connectivity index (χ4v) is 4.53. The van der Waals surface area contributed by atoms with Crippen LogP contribution in [0.25, 0.3) is 0 Å². The van der Waals surface area contributed by atoms with Crippen LogP contribution in [0, 0.1) is 12.8 Å². The summed E-state index contributed by atoms with van der Waals surface area (Å²) in [7, 11) is 0. The Kier molecular flexibility index (Phi) is 6.68. The molecule has 3 amide bonds. The Morgan fingerprint density at radius 1 is 1.12 bits per heavy atom. The molecule has 1 fully saturated rings. The highest BCUT2D eigenvalue weighted by Crippen LogP contribution is 2.35. The van der Waals surface area contributed by atoms with E-state index in [1.165, 1.54) is 5.56 Å². The number of carbonyl (C=O) groups excluding carboxylic acids is 2. The number of nitrogens with one attached hydrogen (secondary N) is 1. The summed E-state index contributed by atoms with van der Waals surface area (Å²) in [5.74, 6) is 1.08. The Labute approximate surface area is 190 Å². The van der Waals surface area contributed by atoms with Crippen LogP contribution in [0.5, 0.6) is 5.75 Å². The average molecular weight is 436 g/mol. The number of fused-ring (bicyclic) bond motifs is 1. The summed E-state index contributed by atoms with van der Waals surface area (Å²) in [4.78, 5) is 29.7. The monoisotopic (exact) mass is 435 g/mol. The first kappa shape index (κ1) is 22.2. The second-order valence-electron chi connectivity index (χ2n) is 9.11. The van der Waals surface area contributed by atoms with Crippen molar-refractivity contribution in [3.63, 3.8) is 0 Å². The zero-order valence-electron chi connectivity index (χ0n) is 19.2. The highest BCUT2D eigenvalue weighted by molar-refractivity contribution is 5.94. The van der Waals surface area contributed by atoms with E-state index in [0.717, 1.165) is 17.0 Å². The van der Waals surface area contributed by atoms with Crippen LogP contribution < -0.4 is 15.0 Å². The van der Waals surface area contributed by atoms with E-state index >= 15 is 0 Å². The molecule has 0 spiro atoms. The lowest BCUT2D eigenvalue weighted by atomic mass is 9.95.